The Bertz CT molecular complexity index is 1080. The summed E-state index contributed by atoms with van der Waals surface area (Å²) in [4.78, 5) is 29.1. The molecule has 32 heavy (non-hydrogen) atoms. The molecule has 8 heteroatoms. The van der Waals surface area contributed by atoms with Crippen molar-refractivity contribution in [1.29, 1.82) is 0 Å². The first-order valence-electron chi connectivity index (χ1n) is 10.8. The first-order chi connectivity index (χ1) is 15.5. The minimum absolute atomic E-state index is 0.0949. The summed E-state index contributed by atoms with van der Waals surface area (Å²) < 4.78 is 16.2. The number of amides is 2. The Hall–Kier alpha value is -3.39. The predicted molar refractivity (Wildman–Crippen MR) is 118 cm³/mol. The summed E-state index contributed by atoms with van der Waals surface area (Å²) in [5, 5.41) is 5.77. The van der Waals surface area contributed by atoms with E-state index in [2.05, 4.69) is 15.6 Å². The average Bonchev–Trinajstić information content (AvgIpc) is 3.54. The van der Waals surface area contributed by atoms with Gasteiger partial charge in [-0.1, -0.05) is 12.8 Å². The Morgan fingerprint density at radius 2 is 1.84 bits per heavy atom. The molecule has 1 aliphatic rings. The fourth-order valence-corrected chi connectivity index (χ4v) is 3.83. The number of carbonyl (C=O) groups excluding carboxylic acids is 2. The van der Waals surface area contributed by atoms with Gasteiger partial charge < -0.3 is 24.2 Å². The van der Waals surface area contributed by atoms with Crippen molar-refractivity contribution >= 4 is 17.5 Å². The Labute approximate surface area is 186 Å². The van der Waals surface area contributed by atoms with Crippen molar-refractivity contribution in [1.82, 2.24) is 10.3 Å². The van der Waals surface area contributed by atoms with Crippen LogP contribution in [0.15, 0.2) is 45.2 Å². The van der Waals surface area contributed by atoms with Gasteiger partial charge in [0.25, 0.3) is 5.91 Å². The summed E-state index contributed by atoms with van der Waals surface area (Å²) in [7, 11) is 1.56. The molecule has 0 bridgehead atoms. The second-order valence-electron chi connectivity index (χ2n) is 7.95. The van der Waals surface area contributed by atoms with Crippen LogP contribution in [0, 0.1) is 12.8 Å². The Morgan fingerprint density at radius 3 is 2.56 bits per heavy atom. The third-order valence-corrected chi connectivity index (χ3v) is 5.61. The molecular formula is C24H27N3O5. The minimum Gasteiger partial charge on any atom is -0.453 e. The van der Waals surface area contributed by atoms with Crippen LogP contribution in [-0.2, 0) is 22.7 Å². The Balaban J connectivity index is 1.36. The quantitative estimate of drug-likeness (QED) is 0.539. The molecule has 1 aliphatic carbocycles. The number of rotatable bonds is 8. The standard InChI is InChI=1S/C24H27N3O5/c1-15-20(13-25-22(28)16-5-3-4-6-16)27-24(31-15)17-7-9-18(10-8-17)26-23(29)21-12-11-19(32-21)14-30-2/h7-12,16H,3-6,13-14H2,1-2H3,(H,25,28)(H,26,29). The van der Waals surface area contributed by atoms with Gasteiger partial charge in [-0.3, -0.25) is 9.59 Å². The van der Waals surface area contributed by atoms with Crippen molar-refractivity contribution in [3.63, 3.8) is 0 Å². The fraction of sp³-hybridized carbons (Fsp3) is 0.375. The first-order valence-corrected chi connectivity index (χ1v) is 10.8. The number of aryl methyl sites for hydroxylation is 1. The second kappa shape index (κ2) is 9.82. The van der Waals surface area contributed by atoms with Gasteiger partial charge in [0.15, 0.2) is 5.76 Å². The van der Waals surface area contributed by atoms with Crippen LogP contribution >= 0.6 is 0 Å². The van der Waals surface area contributed by atoms with E-state index in [0.29, 0.717) is 41.9 Å². The van der Waals surface area contributed by atoms with Crippen LogP contribution in [0.1, 0.15) is 53.5 Å². The molecule has 168 valence electrons. The summed E-state index contributed by atoms with van der Waals surface area (Å²) in [6, 6.07) is 10.5. The summed E-state index contributed by atoms with van der Waals surface area (Å²) in [6.07, 6.45) is 4.17. The molecule has 0 radical (unpaired) electrons. The van der Waals surface area contributed by atoms with Gasteiger partial charge in [-0.05, 0) is 56.2 Å². The lowest BCUT2D eigenvalue weighted by molar-refractivity contribution is -0.124. The highest BCUT2D eigenvalue weighted by Crippen LogP contribution is 2.26. The van der Waals surface area contributed by atoms with Crippen molar-refractivity contribution in [2.45, 2.75) is 45.8 Å². The van der Waals surface area contributed by atoms with Crippen LogP contribution < -0.4 is 10.6 Å². The van der Waals surface area contributed by atoms with Crippen LogP contribution in [-0.4, -0.2) is 23.9 Å². The highest BCUT2D eigenvalue weighted by Gasteiger charge is 2.23. The number of hydrogen-bond acceptors (Lipinski definition) is 6. The number of nitrogens with zero attached hydrogens (tertiary/aromatic N) is 1. The molecule has 1 fully saturated rings. The smallest absolute Gasteiger partial charge is 0.291 e. The third kappa shape index (κ3) is 5.08. The highest BCUT2D eigenvalue weighted by molar-refractivity contribution is 6.02. The van der Waals surface area contributed by atoms with Gasteiger partial charge in [0.05, 0.1) is 6.54 Å². The second-order valence-corrected chi connectivity index (χ2v) is 7.95. The van der Waals surface area contributed by atoms with E-state index >= 15 is 0 Å². The van der Waals surface area contributed by atoms with Crippen LogP contribution in [0.5, 0.6) is 0 Å². The maximum atomic E-state index is 12.3. The number of benzene rings is 1. The van der Waals surface area contributed by atoms with Gasteiger partial charge in [-0.25, -0.2) is 4.98 Å². The van der Waals surface area contributed by atoms with E-state index < -0.39 is 0 Å². The molecule has 0 atom stereocenters. The number of ether oxygens (including phenoxy) is 1. The molecular weight excluding hydrogens is 410 g/mol. The van der Waals surface area contributed by atoms with Crippen LogP contribution in [0.2, 0.25) is 0 Å². The molecule has 2 heterocycles. The molecule has 0 saturated heterocycles. The van der Waals surface area contributed by atoms with Crippen molar-refractivity contribution < 1.29 is 23.2 Å². The minimum atomic E-state index is -0.340. The van der Waals surface area contributed by atoms with Crippen molar-refractivity contribution in [2.24, 2.45) is 5.92 Å². The van der Waals surface area contributed by atoms with E-state index in [1.54, 1.807) is 31.4 Å². The monoisotopic (exact) mass is 437 g/mol. The van der Waals surface area contributed by atoms with Gasteiger partial charge in [0.1, 0.15) is 23.8 Å². The summed E-state index contributed by atoms with van der Waals surface area (Å²) >= 11 is 0. The average molecular weight is 437 g/mol. The van der Waals surface area contributed by atoms with Gasteiger partial charge in [-0.15, -0.1) is 0 Å². The number of nitrogens with one attached hydrogen (secondary N) is 2. The zero-order chi connectivity index (χ0) is 22.5. The maximum absolute atomic E-state index is 12.3. The molecule has 8 nitrogen and oxygen atoms in total. The normalized spacial score (nSPS) is 13.9. The molecule has 2 amide bonds. The van der Waals surface area contributed by atoms with E-state index in [1.165, 1.54) is 0 Å². The third-order valence-electron chi connectivity index (χ3n) is 5.61. The molecule has 1 saturated carbocycles. The largest absolute Gasteiger partial charge is 0.453 e. The summed E-state index contributed by atoms with van der Waals surface area (Å²) in [6.45, 7) is 2.50. The molecule has 4 rings (SSSR count). The maximum Gasteiger partial charge on any atom is 0.291 e. The zero-order valence-electron chi connectivity index (χ0n) is 18.3. The van der Waals surface area contributed by atoms with E-state index in [0.717, 1.165) is 31.2 Å². The molecule has 2 aromatic heterocycles. The number of anilines is 1. The lowest BCUT2D eigenvalue weighted by Crippen LogP contribution is -2.29. The number of hydrogen-bond donors (Lipinski definition) is 2. The molecule has 2 N–H and O–H groups in total. The summed E-state index contributed by atoms with van der Waals surface area (Å²) in [5.74, 6) is 1.83. The highest BCUT2D eigenvalue weighted by atomic mass is 16.5. The number of oxazole rings is 1. The molecule has 1 aromatic carbocycles. The Morgan fingerprint density at radius 1 is 1.09 bits per heavy atom. The lowest BCUT2D eigenvalue weighted by Gasteiger charge is -2.08. The predicted octanol–water partition coefficient (Wildman–Crippen LogP) is 4.45. The SMILES string of the molecule is COCc1ccc(C(=O)Nc2ccc(-c3nc(CNC(=O)C4CCCC4)c(C)o3)cc2)o1. The zero-order valence-corrected chi connectivity index (χ0v) is 18.3. The molecule has 0 spiro atoms. The van der Waals surface area contributed by atoms with Gasteiger partial charge in [0.2, 0.25) is 11.8 Å². The number of aromatic nitrogens is 1. The first kappa shape index (κ1) is 21.8. The Kier molecular flexibility index (Phi) is 6.70. The number of furan rings is 1. The van der Waals surface area contributed by atoms with Crippen molar-refractivity contribution in [3.05, 3.63) is 59.4 Å². The van der Waals surface area contributed by atoms with E-state index in [1.807, 2.05) is 19.1 Å². The number of methoxy groups -OCH3 is 1. The van der Waals surface area contributed by atoms with Gasteiger partial charge in [-0.2, -0.15) is 0 Å². The van der Waals surface area contributed by atoms with E-state index in [4.69, 9.17) is 13.6 Å². The van der Waals surface area contributed by atoms with E-state index in [9.17, 15) is 9.59 Å². The van der Waals surface area contributed by atoms with Crippen LogP contribution in [0.4, 0.5) is 5.69 Å². The van der Waals surface area contributed by atoms with Gasteiger partial charge >= 0.3 is 0 Å². The fourth-order valence-electron chi connectivity index (χ4n) is 3.83. The topological polar surface area (TPSA) is 107 Å². The molecule has 0 unspecified atom stereocenters. The molecule has 3 aromatic rings. The van der Waals surface area contributed by atoms with Gasteiger partial charge in [0, 0.05) is 24.3 Å². The molecule has 0 aliphatic heterocycles. The van der Waals surface area contributed by atoms with Crippen LogP contribution in [0.3, 0.4) is 0 Å². The van der Waals surface area contributed by atoms with E-state index in [-0.39, 0.29) is 23.5 Å². The number of carbonyl (C=O) groups is 2. The lowest BCUT2D eigenvalue weighted by atomic mass is 10.1. The summed E-state index contributed by atoms with van der Waals surface area (Å²) in [5.41, 5.74) is 2.11. The van der Waals surface area contributed by atoms with Crippen molar-refractivity contribution in [2.75, 3.05) is 12.4 Å². The van der Waals surface area contributed by atoms with Crippen LogP contribution in [0.25, 0.3) is 11.5 Å². The van der Waals surface area contributed by atoms with Crippen molar-refractivity contribution in [3.8, 4) is 11.5 Å².